The first-order valence-electron chi connectivity index (χ1n) is 9.32. The van der Waals surface area contributed by atoms with Gasteiger partial charge >= 0.3 is 0 Å². The molecule has 1 aliphatic heterocycles. The smallest absolute Gasteiger partial charge is 0.234 e. The van der Waals surface area contributed by atoms with E-state index in [0.29, 0.717) is 12.5 Å². The van der Waals surface area contributed by atoms with Crippen LogP contribution in [0.15, 0.2) is 0 Å². The first kappa shape index (κ1) is 17.7. The second-order valence-electron chi connectivity index (χ2n) is 7.37. The minimum Gasteiger partial charge on any atom is -0.393 e. The van der Waals surface area contributed by atoms with Gasteiger partial charge in [0.15, 0.2) is 0 Å². The zero-order valence-electron chi connectivity index (χ0n) is 14.2. The molecule has 1 saturated heterocycles. The Kier molecular flexibility index (Phi) is 7.67. The lowest BCUT2D eigenvalue weighted by Gasteiger charge is -2.33. The van der Waals surface area contributed by atoms with Crippen LogP contribution in [0.25, 0.3) is 0 Å². The summed E-state index contributed by atoms with van der Waals surface area (Å²) in [5.74, 6) is 1.38. The number of likely N-dealkylation sites (tertiary alicyclic amines) is 1. The number of carbonyl (C=O) groups is 1. The molecule has 1 saturated carbocycles. The van der Waals surface area contributed by atoms with E-state index < -0.39 is 0 Å². The minimum atomic E-state index is -0.263. The van der Waals surface area contributed by atoms with E-state index in [1.807, 2.05) is 6.92 Å². The van der Waals surface area contributed by atoms with E-state index in [1.165, 1.54) is 38.5 Å². The Morgan fingerprint density at radius 1 is 1.23 bits per heavy atom. The molecule has 2 aliphatic rings. The van der Waals surface area contributed by atoms with Crippen LogP contribution in [0.5, 0.6) is 0 Å². The number of amides is 1. The van der Waals surface area contributed by atoms with Crippen molar-refractivity contribution >= 4 is 5.91 Å². The van der Waals surface area contributed by atoms with Crippen LogP contribution in [-0.2, 0) is 4.79 Å². The molecule has 0 aromatic heterocycles. The number of carbonyl (C=O) groups excluding carboxylic acids is 1. The Balaban J connectivity index is 1.55. The van der Waals surface area contributed by atoms with Crippen LogP contribution in [0.2, 0.25) is 0 Å². The summed E-state index contributed by atoms with van der Waals surface area (Å²) in [6.45, 7) is 5.01. The lowest BCUT2D eigenvalue weighted by molar-refractivity contribution is -0.122. The quantitative estimate of drug-likeness (QED) is 0.711. The molecule has 4 nitrogen and oxygen atoms in total. The molecular weight excluding hydrogens is 276 g/mol. The van der Waals surface area contributed by atoms with E-state index in [-0.39, 0.29) is 12.0 Å². The molecule has 0 spiro atoms. The van der Waals surface area contributed by atoms with E-state index in [9.17, 15) is 9.90 Å². The highest BCUT2D eigenvalue weighted by Crippen LogP contribution is 2.27. The van der Waals surface area contributed by atoms with E-state index in [1.54, 1.807) is 0 Å². The van der Waals surface area contributed by atoms with Gasteiger partial charge in [-0.2, -0.15) is 0 Å². The van der Waals surface area contributed by atoms with Crippen molar-refractivity contribution in [2.24, 2.45) is 11.8 Å². The third-order valence-corrected chi connectivity index (χ3v) is 5.43. The normalized spacial score (nSPS) is 25.8. The Morgan fingerprint density at radius 3 is 2.73 bits per heavy atom. The van der Waals surface area contributed by atoms with Crippen LogP contribution >= 0.6 is 0 Å². The molecule has 2 atom stereocenters. The molecule has 0 aromatic carbocycles. The van der Waals surface area contributed by atoms with Gasteiger partial charge in [0.05, 0.1) is 12.6 Å². The average molecular weight is 310 g/mol. The van der Waals surface area contributed by atoms with Gasteiger partial charge in [-0.1, -0.05) is 32.1 Å². The number of aliphatic hydroxyl groups excluding tert-OH is 1. The molecule has 1 aliphatic carbocycles. The van der Waals surface area contributed by atoms with Gasteiger partial charge in [-0.3, -0.25) is 9.69 Å². The summed E-state index contributed by atoms with van der Waals surface area (Å²) in [6, 6.07) is 0. The highest BCUT2D eigenvalue weighted by Gasteiger charge is 2.24. The fourth-order valence-corrected chi connectivity index (χ4v) is 3.98. The molecule has 2 unspecified atom stereocenters. The number of nitrogens with one attached hydrogen (secondary N) is 1. The summed E-state index contributed by atoms with van der Waals surface area (Å²) in [4.78, 5) is 14.2. The molecule has 2 N–H and O–H groups in total. The topological polar surface area (TPSA) is 52.6 Å². The van der Waals surface area contributed by atoms with Gasteiger partial charge in [0.1, 0.15) is 0 Å². The Hall–Kier alpha value is -0.610. The van der Waals surface area contributed by atoms with Crippen LogP contribution in [0.3, 0.4) is 0 Å². The Bertz CT molecular complexity index is 327. The summed E-state index contributed by atoms with van der Waals surface area (Å²) in [5, 5.41) is 12.8. The molecule has 0 radical (unpaired) electrons. The number of piperidine rings is 1. The highest BCUT2D eigenvalue weighted by molar-refractivity contribution is 5.77. The largest absolute Gasteiger partial charge is 0.393 e. The third-order valence-electron chi connectivity index (χ3n) is 5.43. The number of rotatable bonds is 7. The van der Waals surface area contributed by atoms with Gasteiger partial charge in [-0.05, 0) is 51.0 Å². The summed E-state index contributed by atoms with van der Waals surface area (Å²) >= 11 is 0. The van der Waals surface area contributed by atoms with Crippen molar-refractivity contribution in [3.63, 3.8) is 0 Å². The molecular formula is C18H34N2O2. The lowest BCUT2D eigenvalue weighted by Crippen LogP contribution is -2.44. The molecule has 128 valence electrons. The van der Waals surface area contributed by atoms with Gasteiger partial charge in [-0.25, -0.2) is 0 Å². The lowest BCUT2D eigenvalue weighted by atomic mass is 9.86. The van der Waals surface area contributed by atoms with E-state index >= 15 is 0 Å². The zero-order chi connectivity index (χ0) is 15.8. The minimum absolute atomic E-state index is 0.148. The van der Waals surface area contributed by atoms with Crippen molar-refractivity contribution in [2.45, 2.75) is 70.8 Å². The van der Waals surface area contributed by atoms with Gasteiger partial charge in [0.2, 0.25) is 5.91 Å². The monoisotopic (exact) mass is 310 g/mol. The van der Waals surface area contributed by atoms with Crippen molar-refractivity contribution in [3.8, 4) is 0 Å². The summed E-state index contributed by atoms with van der Waals surface area (Å²) < 4.78 is 0. The van der Waals surface area contributed by atoms with Gasteiger partial charge in [0.25, 0.3) is 0 Å². The molecule has 1 amide bonds. The fraction of sp³-hybridized carbons (Fsp3) is 0.944. The molecule has 2 fully saturated rings. The van der Waals surface area contributed by atoms with Gasteiger partial charge in [0, 0.05) is 13.1 Å². The predicted molar refractivity (Wildman–Crippen MR) is 89.7 cm³/mol. The SMILES string of the molecule is CC(O)C1CCCN(CC(=O)NCCCC2CCCCC2)C1. The standard InChI is InChI=1S/C18H34N2O2/c1-15(21)17-10-6-12-20(13-17)14-18(22)19-11-5-9-16-7-3-2-4-8-16/h15-17,21H,2-14H2,1H3,(H,19,22). The maximum absolute atomic E-state index is 12.0. The maximum Gasteiger partial charge on any atom is 0.234 e. The van der Waals surface area contributed by atoms with Crippen molar-refractivity contribution in [2.75, 3.05) is 26.2 Å². The van der Waals surface area contributed by atoms with Crippen LogP contribution in [0.1, 0.15) is 64.7 Å². The number of hydrogen-bond acceptors (Lipinski definition) is 3. The molecule has 1 heterocycles. The third kappa shape index (κ3) is 6.25. The summed E-state index contributed by atoms with van der Waals surface area (Å²) in [6.07, 6.45) is 11.3. The second-order valence-corrected chi connectivity index (χ2v) is 7.37. The first-order chi connectivity index (χ1) is 10.6. The van der Waals surface area contributed by atoms with Crippen LogP contribution in [-0.4, -0.2) is 48.2 Å². The number of nitrogens with zero attached hydrogens (tertiary/aromatic N) is 1. The van der Waals surface area contributed by atoms with Crippen molar-refractivity contribution in [3.05, 3.63) is 0 Å². The van der Waals surface area contributed by atoms with Gasteiger partial charge < -0.3 is 10.4 Å². The summed E-state index contributed by atoms with van der Waals surface area (Å²) in [7, 11) is 0. The van der Waals surface area contributed by atoms with Crippen molar-refractivity contribution in [1.29, 1.82) is 0 Å². The molecule has 4 heteroatoms. The van der Waals surface area contributed by atoms with Crippen LogP contribution in [0, 0.1) is 11.8 Å². The molecule has 22 heavy (non-hydrogen) atoms. The van der Waals surface area contributed by atoms with E-state index in [4.69, 9.17) is 0 Å². The molecule has 2 rings (SSSR count). The predicted octanol–water partition coefficient (Wildman–Crippen LogP) is 2.56. The Morgan fingerprint density at radius 2 is 2.00 bits per heavy atom. The van der Waals surface area contributed by atoms with Gasteiger partial charge in [-0.15, -0.1) is 0 Å². The van der Waals surface area contributed by atoms with E-state index in [2.05, 4.69) is 10.2 Å². The van der Waals surface area contributed by atoms with Crippen LogP contribution < -0.4 is 5.32 Å². The first-order valence-corrected chi connectivity index (χ1v) is 9.32. The zero-order valence-corrected chi connectivity index (χ0v) is 14.2. The summed E-state index contributed by atoms with van der Waals surface area (Å²) in [5.41, 5.74) is 0. The fourth-order valence-electron chi connectivity index (χ4n) is 3.98. The maximum atomic E-state index is 12.0. The number of aliphatic hydroxyl groups is 1. The van der Waals surface area contributed by atoms with Crippen molar-refractivity contribution in [1.82, 2.24) is 10.2 Å². The van der Waals surface area contributed by atoms with Crippen LogP contribution in [0.4, 0.5) is 0 Å². The molecule has 0 aromatic rings. The average Bonchev–Trinajstić information content (AvgIpc) is 2.53. The van der Waals surface area contributed by atoms with E-state index in [0.717, 1.165) is 44.8 Å². The van der Waals surface area contributed by atoms with Crippen molar-refractivity contribution < 1.29 is 9.90 Å². The Labute approximate surface area is 135 Å². The second kappa shape index (κ2) is 9.51. The number of hydrogen-bond donors (Lipinski definition) is 2. The highest BCUT2D eigenvalue weighted by atomic mass is 16.3. The molecule has 0 bridgehead atoms.